The number of Topliss-reactive ketones (excluding diaryl/α,β-unsaturated/α-hetero) is 1. The molecule has 0 amide bonds. The summed E-state index contributed by atoms with van der Waals surface area (Å²) in [5.41, 5.74) is 2.19. The zero-order valence-corrected chi connectivity index (χ0v) is 48.1. The molecule has 13 rings (SSSR count). The van der Waals surface area contributed by atoms with Gasteiger partial charge in [-0.2, -0.15) is 0 Å². The summed E-state index contributed by atoms with van der Waals surface area (Å²) in [6.45, 7) is 26.9. The van der Waals surface area contributed by atoms with Crippen LogP contribution in [0.15, 0.2) is 24.3 Å². The van der Waals surface area contributed by atoms with Crippen molar-refractivity contribution in [2.45, 2.75) is 317 Å². The van der Waals surface area contributed by atoms with E-state index < -0.39 is 48.2 Å². The molecule has 436 valence electrons. The number of ether oxygens (including phenoxy) is 13. The van der Waals surface area contributed by atoms with Crippen molar-refractivity contribution in [3.8, 4) is 0 Å². The van der Waals surface area contributed by atoms with Crippen molar-refractivity contribution in [3.05, 3.63) is 24.3 Å². The fraction of sp³-hybridized carbons (Fsp3) is 0.905. The van der Waals surface area contributed by atoms with Crippen molar-refractivity contribution in [3.63, 3.8) is 0 Å². The minimum atomic E-state index is -0.796. The molecular weight excluding hydrogens is 997 g/mol. The standard InChI is InChI=1S/C63H94O15/c1-11-43-32(4)23-52-54(70-43)35(7)29-63(76-52)28-34(6)37(9)49(75-63)25-39(64)24-47-33(5)22-50-55(73-47)38(10)56-51(69-50)27-48-36(8)30(2)20-40(67-48)12-14-44-31(3)21-42(66-44)16-18-62-19-17-46-58(77-62)59-60(72-46)61(78-62)57-45(71-59)15-13-41(68-57)26-53(65)74-56/h30,32-35,37-38,40-52,54-61H,3,8,11-29H2,1-2,4-7,9-10H3/t30-,32-,33-,34+,35+,37+,38+,40+,41-,42+,43-,44+,45+,46-,47-,48-,49+,50+,51+,52+,54+,55+,56-,57+,58?,59+,60-,61+,62+,63-/m1/s1. The van der Waals surface area contributed by atoms with E-state index >= 15 is 0 Å². The summed E-state index contributed by atoms with van der Waals surface area (Å²) in [7, 11) is 0. The van der Waals surface area contributed by atoms with Gasteiger partial charge in [0.1, 0.15) is 42.4 Å². The van der Waals surface area contributed by atoms with Crippen LogP contribution in [0.2, 0.25) is 0 Å². The van der Waals surface area contributed by atoms with Gasteiger partial charge in [-0.3, -0.25) is 9.59 Å². The third-order valence-electron chi connectivity index (χ3n) is 22.3. The highest BCUT2D eigenvalue weighted by Crippen LogP contribution is 2.54. The zero-order valence-electron chi connectivity index (χ0n) is 48.1. The van der Waals surface area contributed by atoms with Crippen LogP contribution in [0, 0.1) is 41.4 Å². The summed E-state index contributed by atoms with van der Waals surface area (Å²) in [5, 5.41) is 0. The number of hydrogen-bond acceptors (Lipinski definition) is 15. The Kier molecular flexibility index (Phi) is 15.4. The van der Waals surface area contributed by atoms with E-state index in [9.17, 15) is 9.59 Å². The molecule has 1 unspecified atom stereocenters. The maximum atomic E-state index is 14.6. The average Bonchev–Trinajstić information content (AvgIpc) is 4.14. The van der Waals surface area contributed by atoms with Crippen molar-refractivity contribution < 1.29 is 71.2 Å². The minimum Gasteiger partial charge on any atom is -0.459 e. The molecular formula is C63H94O15. The van der Waals surface area contributed by atoms with E-state index in [1.54, 1.807) is 0 Å². The van der Waals surface area contributed by atoms with Gasteiger partial charge in [-0.15, -0.1) is 0 Å². The summed E-state index contributed by atoms with van der Waals surface area (Å²) >= 11 is 0. The van der Waals surface area contributed by atoms with Crippen LogP contribution in [0.1, 0.15) is 177 Å². The van der Waals surface area contributed by atoms with Gasteiger partial charge in [0.15, 0.2) is 11.6 Å². The molecule has 11 bridgehead atoms. The van der Waals surface area contributed by atoms with E-state index in [0.29, 0.717) is 37.5 Å². The number of carbonyl (C=O) groups excluding carboxylic acids is 2. The van der Waals surface area contributed by atoms with Gasteiger partial charge in [0, 0.05) is 50.9 Å². The van der Waals surface area contributed by atoms with E-state index in [-0.39, 0.29) is 146 Å². The lowest BCUT2D eigenvalue weighted by Gasteiger charge is -2.56. The summed E-state index contributed by atoms with van der Waals surface area (Å²) in [4.78, 5) is 29.1. The first-order chi connectivity index (χ1) is 37.4. The summed E-state index contributed by atoms with van der Waals surface area (Å²) in [6.07, 6.45) is 8.66. The molecule has 13 fully saturated rings. The molecule has 30 atom stereocenters. The summed E-state index contributed by atoms with van der Waals surface area (Å²) < 4.78 is 90.1. The van der Waals surface area contributed by atoms with Crippen LogP contribution in [-0.2, 0) is 71.2 Å². The Labute approximate surface area is 464 Å². The molecule has 0 aromatic rings. The molecule has 0 aromatic heterocycles. The number of carbonyl (C=O) groups is 2. The molecule has 0 aromatic carbocycles. The van der Waals surface area contributed by atoms with Crippen molar-refractivity contribution >= 4 is 11.8 Å². The van der Waals surface area contributed by atoms with Crippen molar-refractivity contribution in [2.75, 3.05) is 0 Å². The molecule has 2 spiro atoms. The Morgan fingerprint density at radius 1 is 0.487 bits per heavy atom. The second kappa shape index (κ2) is 21.6. The maximum Gasteiger partial charge on any atom is 0.308 e. The first-order valence-electron chi connectivity index (χ1n) is 31.4. The highest BCUT2D eigenvalue weighted by molar-refractivity contribution is 5.79. The van der Waals surface area contributed by atoms with Gasteiger partial charge in [-0.1, -0.05) is 68.5 Å². The van der Waals surface area contributed by atoms with Crippen molar-refractivity contribution in [2.24, 2.45) is 41.4 Å². The fourth-order valence-electron chi connectivity index (χ4n) is 17.7. The first kappa shape index (κ1) is 55.3. The Balaban J connectivity index is 0.718. The van der Waals surface area contributed by atoms with E-state index in [1.165, 1.54) is 0 Å². The second-order valence-electron chi connectivity index (χ2n) is 27.8. The van der Waals surface area contributed by atoms with E-state index in [4.69, 9.17) is 61.6 Å². The monoisotopic (exact) mass is 1090 g/mol. The van der Waals surface area contributed by atoms with Gasteiger partial charge in [-0.25, -0.2) is 0 Å². The van der Waals surface area contributed by atoms with Crippen molar-refractivity contribution in [1.82, 2.24) is 0 Å². The number of ketones is 1. The van der Waals surface area contributed by atoms with Gasteiger partial charge in [0.2, 0.25) is 0 Å². The Hall–Kier alpha value is -1.86. The van der Waals surface area contributed by atoms with Crippen LogP contribution >= 0.6 is 0 Å². The normalized spacial score (nSPS) is 55.0. The molecule has 0 saturated carbocycles. The molecule has 0 N–H and O–H groups in total. The van der Waals surface area contributed by atoms with E-state index in [0.717, 1.165) is 94.6 Å². The highest BCUT2D eigenvalue weighted by Gasteiger charge is 2.66. The van der Waals surface area contributed by atoms with Crippen LogP contribution in [0.4, 0.5) is 0 Å². The summed E-state index contributed by atoms with van der Waals surface area (Å²) in [6, 6.07) is 0. The van der Waals surface area contributed by atoms with E-state index in [2.05, 4.69) is 68.5 Å². The first-order valence-corrected chi connectivity index (χ1v) is 31.4. The Morgan fingerprint density at radius 2 is 1.15 bits per heavy atom. The van der Waals surface area contributed by atoms with Gasteiger partial charge in [-0.05, 0) is 117 Å². The van der Waals surface area contributed by atoms with Gasteiger partial charge in [0.05, 0.1) is 98.0 Å². The number of rotatable bonds is 5. The number of fused-ring (bicyclic) bond motifs is 8. The van der Waals surface area contributed by atoms with Crippen LogP contribution in [-0.4, -0.2) is 152 Å². The quantitative estimate of drug-likeness (QED) is 0.190. The van der Waals surface area contributed by atoms with Gasteiger partial charge < -0.3 is 61.6 Å². The molecule has 0 aliphatic carbocycles. The number of hydrogen-bond donors (Lipinski definition) is 0. The third-order valence-corrected chi connectivity index (χ3v) is 22.3. The fourth-order valence-corrected chi connectivity index (χ4v) is 17.7. The van der Waals surface area contributed by atoms with Crippen LogP contribution in [0.3, 0.4) is 0 Å². The SMILES string of the molecule is C=C1C[C@@H]2CC[C@@]34CC[C@H]5O[C@H]6[C@@H](O3)[C@H]3O[C@H](CC[C@@H]3O[C@H]6C5O4)CC(=O)O[C@@H]3[C@@H](C)[C@@H]4O[C@H](CC(=O)C[C@@H]5O[C@@]6(C[C@H](C)[C@@H]5C)C[C@H](C)[C@@H]5O[C@H](CC)[C@H](C)C[C@@H]5O6)[C@H](C)C[C@@H]4O[C@H]3C[C@H]3O[C@@H](CC[C@@H]1O2)C[C@@H](C)C3=C. The zero-order chi connectivity index (χ0) is 54.1. The molecule has 13 aliphatic rings. The van der Waals surface area contributed by atoms with Crippen LogP contribution in [0.25, 0.3) is 0 Å². The lowest BCUT2D eigenvalue weighted by molar-refractivity contribution is -0.368. The predicted octanol–water partition coefficient (Wildman–Crippen LogP) is 9.60. The molecule has 13 heterocycles. The van der Waals surface area contributed by atoms with Crippen molar-refractivity contribution in [1.29, 1.82) is 0 Å². The molecule has 0 radical (unpaired) electrons. The predicted molar refractivity (Wildman–Crippen MR) is 285 cm³/mol. The topological polar surface area (TPSA) is 154 Å². The molecule has 15 heteroatoms. The average molecular weight is 1090 g/mol. The maximum absolute atomic E-state index is 14.6. The molecule has 13 saturated heterocycles. The van der Waals surface area contributed by atoms with Gasteiger partial charge in [0.25, 0.3) is 0 Å². The Bertz CT molecular complexity index is 2240. The molecule has 15 nitrogen and oxygen atoms in total. The van der Waals surface area contributed by atoms with Gasteiger partial charge >= 0.3 is 5.97 Å². The summed E-state index contributed by atoms with van der Waals surface area (Å²) in [5.74, 6) is -0.457. The second-order valence-corrected chi connectivity index (χ2v) is 27.8. The largest absolute Gasteiger partial charge is 0.459 e. The Morgan fingerprint density at radius 3 is 1.97 bits per heavy atom. The van der Waals surface area contributed by atoms with Crippen LogP contribution < -0.4 is 0 Å². The number of esters is 1. The smallest absolute Gasteiger partial charge is 0.308 e. The highest BCUT2D eigenvalue weighted by atomic mass is 16.8. The van der Waals surface area contributed by atoms with Crippen LogP contribution in [0.5, 0.6) is 0 Å². The molecule has 13 aliphatic heterocycles. The minimum absolute atomic E-state index is 0.00189. The third kappa shape index (κ3) is 10.3. The lowest BCUT2D eigenvalue weighted by Crippen LogP contribution is -2.62. The van der Waals surface area contributed by atoms with E-state index in [1.807, 2.05) is 0 Å². The molecule has 78 heavy (non-hydrogen) atoms. The lowest BCUT2D eigenvalue weighted by atomic mass is 9.74.